The van der Waals surface area contributed by atoms with Crippen molar-refractivity contribution in [3.05, 3.63) is 12.2 Å². The highest BCUT2D eigenvalue weighted by molar-refractivity contribution is 7.91. The van der Waals surface area contributed by atoms with Crippen molar-refractivity contribution in [2.75, 3.05) is 19.6 Å². The van der Waals surface area contributed by atoms with Crippen LogP contribution in [0.2, 0.25) is 0 Å². The smallest absolute Gasteiger partial charge is 0.408 e. The topological polar surface area (TPSA) is 154 Å². The van der Waals surface area contributed by atoms with E-state index in [-0.39, 0.29) is 11.8 Å². The fraction of sp³-hybridized carbons (Fsp3) is 0.786. The molecule has 4 fully saturated rings. The molecule has 1 saturated heterocycles. The quantitative estimate of drug-likeness (QED) is 0.402. The molecule has 1 unspecified atom stereocenters. The summed E-state index contributed by atoms with van der Waals surface area (Å²) in [7, 11) is -3.79. The lowest BCUT2D eigenvalue weighted by atomic mass is 10.1. The van der Waals surface area contributed by atoms with E-state index in [9.17, 15) is 27.6 Å². The largest absolute Gasteiger partial charge is 0.444 e. The maximum atomic E-state index is 14.0. The van der Waals surface area contributed by atoms with Gasteiger partial charge in [-0.1, -0.05) is 12.2 Å². The van der Waals surface area contributed by atoms with Gasteiger partial charge in [0.15, 0.2) is 0 Å². The number of ether oxygens (including phenoxy) is 1. The molecule has 0 radical (unpaired) electrons. The van der Waals surface area contributed by atoms with Gasteiger partial charge in [0.2, 0.25) is 21.8 Å². The summed E-state index contributed by atoms with van der Waals surface area (Å²) in [6.45, 7) is 6.64. The molecule has 3 saturated carbocycles. The third-order valence-corrected chi connectivity index (χ3v) is 10.3. The maximum Gasteiger partial charge on any atom is 0.408 e. The number of nitrogens with one attached hydrogen (secondary N) is 3. The van der Waals surface area contributed by atoms with Crippen molar-refractivity contribution in [2.45, 2.75) is 113 Å². The Balaban J connectivity index is 1.39. The Hall–Kier alpha value is -2.67. The average molecular weight is 594 g/mol. The van der Waals surface area contributed by atoms with Crippen LogP contribution in [-0.4, -0.2) is 96.2 Å². The number of nitrogens with zero attached hydrogens (tertiary/aromatic N) is 2. The van der Waals surface area contributed by atoms with Crippen LogP contribution >= 0.6 is 0 Å². The normalized spacial score (nSPS) is 32.5. The van der Waals surface area contributed by atoms with E-state index >= 15 is 0 Å². The van der Waals surface area contributed by atoms with Gasteiger partial charge >= 0.3 is 6.09 Å². The summed E-state index contributed by atoms with van der Waals surface area (Å²) in [5, 5.41) is 5.05. The molecule has 0 spiro atoms. The van der Waals surface area contributed by atoms with Crippen molar-refractivity contribution in [3.8, 4) is 0 Å². The summed E-state index contributed by atoms with van der Waals surface area (Å²) in [5.74, 6) is -1.92. The van der Waals surface area contributed by atoms with Crippen molar-refractivity contribution in [1.82, 2.24) is 25.2 Å². The van der Waals surface area contributed by atoms with E-state index < -0.39 is 56.4 Å². The van der Waals surface area contributed by atoms with E-state index in [1.165, 1.54) is 4.90 Å². The molecule has 5 aliphatic rings. The number of amides is 4. The van der Waals surface area contributed by atoms with Crippen LogP contribution in [0.5, 0.6) is 0 Å². The first kappa shape index (κ1) is 29.8. The highest BCUT2D eigenvalue weighted by Crippen LogP contribution is 2.46. The van der Waals surface area contributed by atoms with Crippen LogP contribution in [0.15, 0.2) is 12.2 Å². The van der Waals surface area contributed by atoms with E-state index in [1.807, 2.05) is 12.2 Å². The summed E-state index contributed by atoms with van der Waals surface area (Å²) in [5.41, 5.74) is -2.12. The van der Waals surface area contributed by atoms with Crippen molar-refractivity contribution >= 4 is 33.8 Å². The van der Waals surface area contributed by atoms with Crippen LogP contribution < -0.4 is 15.4 Å². The SMILES string of the molecule is CC(C)(C)OC(=O)N[C@H]1CN(C2CC2)CCC/C=C\C2C[C@@]2(C(=O)NS(=O)(=O)C2CC2)NC(=O)[C@@H]2CCCN2C1=O. The number of fused-ring (bicyclic) bond motifs is 2. The molecule has 12 nitrogen and oxygen atoms in total. The van der Waals surface area contributed by atoms with Gasteiger partial charge in [-0.3, -0.25) is 24.0 Å². The van der Waals surface area contributed by atoms with Gasteiger partial charge in [-0.15, -0.1) is 0 Å². The highest BCUT2D eigenvalue weighted by Gasteiger charge is 2.62. The minimum Gasteiger partial charge on any atom is -0.444 e. The zero-order chi connectivity index (χ0) is 29.6. The first-order chi connectivity index (χ1) is 19.3. The van der Waals surface area contributed by atoms with E-state index in [0.717, 1.165) is 32.2 Å². The molecule has 0 aromatic heterocycles. The number of carbonyl (C=O) groups is 4. The first-order valence-corrected chi connectivity index (χ1v) is 16.4. The molecule has 3 N–H and O–H groups in total. The highest BCUT2D eigenvalue weighted by atomic mass is 32.2. The van der Waals surface area contributed by atoms with Gasteiger partial charge in [0.1, 0.15) is 23.2 Å². The minimum absolute atomic E-state index is 0.291. The van der Waals surface area contributed by atoms with Gasteiger partial charge in [0.05, 0.1) is 5.25 Å². The van der Waals surface area contributed by atoms with Crippen molar-refractivity contribution < 1.29 is 32.3 Å². The van der Waals surface area contributed by atoms with E-state index in [2.05, 4.69) is 20.3 Å². The van der Waals surface area contributed by atoms with Crippen LogP contribution in [0.25, 0.3) is 0 Å². The molecule has 3 aliphatic carbocycles. The Morgan fingerprint density at radius 1 is 1.07 bits per heavy atom. The Morgan fingerprint density at radius 2 is 1.80 bits per heavy atom. The maximum absolute atomic E-state index is 14.0. The number of carbonyl (C=O) groups excluding carboxylic acids is 4. The summed E-state index contributed by atoms with van der Waals surface area (Å²) in [6, 6.07) is -1.40. The summed E-state index contributed by atoms with van der Waals surface area (Å²) < 4.78 is 32.8. The summed E-state index contributed by atoms with van der Waals surface area (Å²) in [6.07, 6.45) is 9.09. The van der Waals surface area contributed by atoms with Crippen LogP contribution in [0.3, 0.4) is 0 Å². The lowest BCUT2D eigenvalue weighted by Gasteiger charge is -2.33. The van der Waals surface area contributed by atoms with E-state index in [4.69, 9.17) is 4.74 Å². The van der Waals surface area contributed by atoms with E-state index in [1.54, 1.807) is 20.8 Å². The number of allylic oxidation sites excluding steroid dienone is 1. The van der Waals surface area contributed by atoms with Crippen LogP contribution in [0.4, 0.5) is 4.79 Å². The lowest BCUT2D eigenvalue weighted by Crippen LogP contribution is -2.60. The zero-order valence-electron chi connectivity index (χ0n) is 24.2. The number of rotatable bonds is 5. The number of alkyl carbamates (subject to hydrolysis) is 1. The monoisotopic (exact) mass is 593 g/mol. The predicted molar refractivity (Wildman–Crippen MR) is 150 cm³/mol. The molecular formula is C28H43N5O7S. The standard InChI is InChI=1S/C28H43N5O7S/c1-27(2,3)40-26(37)29-21-17-32(19-10-11-19)14-6-4-5-8-18-16-28(18,25(36)31-41(38,39)20-12-13-20)30-23(34)22-9-7-15-33(22)24(21)35/h5,8,18-22H,4,6-7,9-17H2,1-3H3,(H,29,37)(H,30,34)(H,31,36)/b8-5-/t18?,21-,22-,28+/m0/s1. The van der Waals surface area contributed by atoms with Crippen LogP contribution in [0, 0.1) is 5.92 Å². The third-order valence-electron chi connectivity index (χ3n) is 8.46. The predicted octanol–water partition coefficient (Wildman–Crippen LogP) is 1.17. The molecule has 0 bridgehead atoms. The summed E-state index contributed by atoms with van der Waals surface area (Å²) in [4.78, 5) is 57.4. The Bertz CT molecular complexity index is 1210. The molecule has 4 atom stereocenters. The second kappa shape index (κ2) is 11.2. The third kappa shape index (κ3) is 7.04. The van der Waals surface area contributed by atoms with Crippen molar-refractivity contribution in [1.29, 1.82) is 0 Å². The van der Waals surface area contributed by atoms with Gasteiger partial charge in [-0.05, 0) is 85.1 Å². The molecule has 2 heterocycles. The second-order valence-electron chi connectivity index (χ2n) is 13.1. The number of hydrogen-bond acceptors (Lipinski definition) is 8. The molecule has 41 heavy (non-hydrogen) atoms. The molecule has 4 amide bonds. The fourth-order valence-electron chi connectivity index (χ4n) is 5.88. The fourth-order valence-corrected chi connectivity index (χ4v) is 7.24. The average Bonchev–Trinajstić information content (AvgIpc) is 3.75. The van der Waals surface area contributed by atoms with Gasteiger partial charge in [-0.2, -0.15) is 0 Å². The van der Waals surface area contributed by atoms with Gasteiger partial charge in [0.25, 0.3) is 5.91 Å². The molecule has 13 heteroatoms. The molecule has 0 aromatic carbocycles. The van der Waals surface area contributed by atoms with Gasteiger partial charge < -0.3 is 20.3 Å². The molecule has 0 aromatic rings. The summed E-state index contributed by atoms with van der Waals surface area (Å²) >= 11 is 0. The lowest BCUT2D eigenvalue weighted by molar-refractivity contribution is -0.141. The zero-order valence-corrected chi connectivity index (χ0v) is 25.0. The van der Waals surface area contributed by atoms with E-state index in [0.29, 0.717) is 51.2 Å². The molecule has 228 valence electrons. The Morgan fingerprint density at radius 3 is 2.46 bits per heavy atom. The molecule has 5 rings (SSSR count). The second-order valence-corrected chi connectivity index (χ2v) is 15.1. The minimum atomic E-state index is -3.79. The van der Waals surface area contributed by atoms with Crippen LogP contribution in [0.1, 0.15) is 78.6 Å². The number of sulfonamides is 1. The molecule has 2 aliphatic heterocycles. The van der Waals surface area contributed by atoms with Crippen molar-refractivity contribution in [3.63, 3.8) is 0 Å². The van der Waals surface area contributed by atoms with Gasteiger partial charge in [-0.25, -0.2) is 13.2 Å². The van der Waals surface area contributed by atoms with Gasteiger partial charge in [0, 0.05) is 25.0 Å². The Labute approximate surface area is 242 Å². The molecular weight excluding hydrogens is 550 g/mol. The number of hydrogen-bond donors (Lipinski definition) is 3. The Kier molecular flexibility index (Phi) is 8.14. The first-order valence-electron chi connectivity index (χ1n) is 14.9. The van der Waals surface area contributed by atoms with Crippen molar-refractivity contribution in [2.24, 2.45) is 5.92 Å². The van der Waals surface area contributed by atoms with Crippen LogP contribution in [-0.2, 0) is 29.1 Å².